The van der Waals surface area contributed by atoms with Crippen molar-refractivity contribution in [1.29, 1.82) is 0 Å². The third-order valence-electron chi connectivity index (χ3n) is 5.89. The van der Waals surface area contributed by atoms with Gasteiger partial charge in [0.05, 0.1) is 23.9 Å². The first-order valence-corrected chi connectivity index (χ1v) is 10.9. The molecule has 2 aromatic carbocycles. The Morgan fingerprint density at radius 3 is 2.69 bits per heavy atom. The summed E-state index contributed by atoms with van der Waals surface area (Å²) in [5, 5.41) is 4.65. The Balaban J connectivity index is 1.67. The highest BCUT2D eigenvalue weighted by Gasteiger charge is 2.31. The van der Waals surface area contributed by atoms with Crippen LogP contribution < -0.4 is 10.9 Å². The number of benzene rings is 2. The molecular weight excluding hydrogens is 424 g/mol. The van der Waals surface area contributed by atoms with Crippen LogP contribution in [0.1, 0.15) is 29.0 Å². The lowest BCUT2D eigenvalue weighted by molar-refractivity contribution is -0.00797. The zero-order valence-corrected chi connectivity index (χ0v) is 18.6. The molecule has 0 spiro atoms. The summed E-state index contributed by atoms with van der Waals surface area (Å²) in [6, 6.07) is 18.1. The van der Waals surface area contributed by atoms with E-state index in [9.17, 15) is 4.79 Å². The summed E-state index contributed by atoms with van der Waals surface area (Å²) in [5.74, 6) is 0. The quantitative estimate of drug-likeness (QED) is 0.473. The van der Waals surface area contributed by atoms with Gasteiger partial charge in [-0.1, -0.05) is 36.4 Å². The predicted molar refractivity (Wildman–Crippen MR) is 126 cm³/mol. The number of fused-ring (bicyclic) bond motifs is 1. The van der Waals surface area contributed by atoms with Crippen molar-refractivity contribution < 1.29 is 4.74 Å². The molecule has 4 aromatic rings. The summed E-state index contributed by atoms with van der Waals surface area (Å²) < 4.78 is 7.84. The van der Waals surface area contributed by atoms with Crippen molar-refractivity contribution in [3.05, 3.63) is 93.3 Å². The molecule has 1 aliphatic rings. The van der Waals surface area contributed by atoms with Crippen molar-refractivity contribution in [2.75, 3.05) is 13.2 Å². The average molecular weight is 447 g/mol. The van der Waals surface area contributed by atoms with Gasteiger partial charge in [0.15, 0.2) is 0 Å². The highest BCUT2D eigenvalue weighted by molar-refractivity contribution is 6.28. The van der Waals surface area contributed by atoms with E-state index in [0.29, 0.717) is 12.2 Å². The Hall–Kier alpha value is -3.06. The van der Waals surface area contributed by atoms with Gasteiger partial charge in [-0.3, -0.25) is 4.79 Å². The van der Waals surface area contributed by atoms with Crippen molar-refractivity contribution in [3.63, 3.8) is 0 Å². The minimum atomic E-state index is -0.314. The van der Waals surface area contributed by atoms with E-state index in [2.05, 4.69) is 33.5 Å². The number of morpholine rings is 1. The first-order valence-electron chi connectivity index (χ1n) is 10.6. The van der Waals surface area contributed by atoms with Crippen LogP contribution in [0, 0.1) is 6.92 Å². The number of nitrogens with one attached hydrogen (secondary N) is 1. The van der Waals surface area contributed by atoms with Crippen LogP contribution in [-0.4, -0.2) is 27.7 Å². The number of hydrogen-bond acceptors (Lipinski definition) is 5. The van der Waals surface area contributed by atoms with Gasteiger partial charge in [0, 0.05) is 30.7 Å². The summed E-state index contributed by atoms with van der Waals surface area (Å²) in [5.41, 5.74) is 5.26. The molecule has 0 radical (unpaired) electrons. The predicted octanol–water partition coefficient (Wildman–Crippen LogP) is 4.36. The third kappa shape index (κ3) is 3.81. The van der Waals surface area contributed by atoms with Gasteiger partial charge in [0.1, 0.15) is 6.10 Å². The molecule has 6 nitrogen and oxygen atoms in total. The summed E-state index contributed by atoms with van der Waals surface area (Å²) >= 11 is 6.32. The molecule has 0 amide bonds. The lowest BCUT2D eigenvalue weighted by Gasteiger charge is -2.33. The maximum atomic E-state index is 12.1. The number of nitrogens with zero attached hydrogens (tertiary/aromatic N) is 3. The number of halogens is 1. The number of pyridine rings is 1. The van der Waals surface area contributed by atoms with E-state index in [1.54, 1.807) is 11.6 Å². The van der Waals surface area contributed by atoms with Gasteiger partial charge in [-0.25, -0.2) is 9.97 Å². The fourth-order valence-corrected chi connectivity index (χ4v) is 4.53. The first-order chi connectivity index (χ1) is 15.5. The highest BCUT2D eigenvalue weighted by Crippen LogP contribution is 2.37. The molecule has 1 N–H and O–H groups in total. The van der Waals surface area contributed by atoms with Crippen LogP contribution >= 0.6 is 11.6 Å². The van der Waals surface area contributed by atoms with Crippen molar-refractivity contribution in [3.8, 4) is 11.1 Å². The van der Waals surface area contributed by atoms with Gasteiger partial charge in [-0.05, 0) is 53.4 Å². The molecule has 1 saturated heterocycles. The van der Waals surface area contributed by atoms with Crippen molar-refractivity contribution in [2.24, 2.45) is 7.05 Å². The van der Waals surface area contributed by atoms with Gasteiger partial charge < -0.3 is 14.6 Å². The van der Waals surface area contributed by atoms with E-state index >= 15 is 0 Å². The molecule has 2 atom stereocenters. The molecule has 0 aliphatic carbocycles. The number of hydrogen-bond donors (Lipinski definition) is 1. The maximum Gasteiger partial charge on any atom is 0.253 e. The molecule has 5 rings (SSSR count). The molecule has 1 fully saturated rings. The van der Waals surface area contributed by atoms with Crippen LogP contribution in [0.2, 0.25) is 5.28 Å². The van der Waals surface area contributed by atoms with E-state index in [-0.39, 0.29) is 23.0 Å². The minimum absolute atomic E-state index is 0.00211. The summed E-state index contributed by atoms with van der Waals surface area (Å²) in [7, 11) is 1.76. The zero-order valence-electron chi connectivity index (χ0n) is 17.9. The molecular formula is C25H23ClN4O2. The van der Waals surface area contributed by atoms with E-state index in [1.165, 1.54) is 0 Å². The van der Waals surface area contributed by atoms with Gasteiger partial charge in [-0.2, -0.15) is 0 Å². The average Bonchev–Trinajstić information content (AvgIpc) is 2.82. The molecule has 0 saturated carbocycles. The fraction of sp³-hybridized carbons (Fsp3) is 0.240. The lowest BCUT2D eigenvalue weighted by atomic mass is 9.94. The van der Waals surface area contributed by atoms with Gasteiger partial charge >= 0.3 is 0 Å². The molecule has 2 unspecified atom stereocenters. The standard InChI is InChI=1S/C25H23ClN4O2/c1-15-12-18(14-30(2)24(15)31)17-8-9-20-19(13-17)22(29-25(26)28-20)23-21(27-10-11-32-23)16-6-4-3-5-7-16/h3-9,12-14,21,23,27H,10-11H2,1-2H3. The second-order valence-electron chi connectivity index (χ2n) is 8.07. The van der Waals surface area contributed by atoms with Crippen molar-refractivity contribution in [1.82, 2.24) is 19.9 Å². The molecule has 162 valence electrons. The Morgan fingerprint density at radius 1 is 1.09 bits per heavy atom. The first kappa shape index (κ1) is 20.8. The molecule has 0 bridgehead atoms. The van der Waals surface area contributed by atoms with E-state index in [1.807, 2.05) is 49.5 Å². The smallest absolute Gasteiger partial charge is 0.253 e. The summed E-state index contributed by atoms with van der Waals surface area (Å²) in [6.07, 6.45) is 1.53. The molecule has 7 heteroatoms. The molecule has 1 aliphatic heterocycles. The van der Waals surface area contributed by atoms with Crippen LogP contribution in [0.15, 0.2) is 65.6 Å². The molecule has 32 heavy (non-hydrogen) atoms. The van der Waals surface area contributed by atoms with Crippen LogP contribution in [0.4, 0.5) is 0 Å². The second kappa shape index (κ2) is 8.47. The van der Waals surface area contributed by atoms with Crippen LogP contribution in [-0.2, 0) is 11.8 Å². The molecule has 2 aromatic heterocycles. The second-order valence-corrected chi connectivity index (χ2v) is 8.41. The van der Waals surface area contributed by atoms with Gasteiger partial charge in [0.25, 0.3) is 5.56 Å². The highest BCUT2D eigenvalue weighted by atomic mass is 35.5. The number of ether oxygens (including phenoxy) is 1. The number of aryl methyl sites for hydroxylation is 2. The van der Waals surface area contributed by atoms with Gasteiger partial charge in [-0.15, -0.1) is 0 Å². The lowest BCUT2D eigenvalue weighted by Crippen LogP contribution is -2.37. The Bertz CT molecular complexity index is 1330. The largest absolute Gasteiger partial charge is 0.369 e. The zero-order chi connectivity index (χ0) is 22.2. The summed E-state index contributed by atoms with van der Waals surface area (Å²) in [6.45, 7) is 3.17. The van der Waals surface area contributed by atoms with E-state index in [0.717, 1.165) is 39.8 Å². The molecule has 3 heterocycles. The Kier molecular flexibility index (Phi) is 5.51. The van der Waals surface area contributed by atoms with Gasteiger partial charge in [0.2, 0.25) is 5.28 Å². The topological polar surface area (TPSA) is 69.0 Å². The number of aromatic nitrogens is 3. The third-order valence-corrected chi connectivity index (χ3v) is 6.06. The van der Waals surface area contributed by atoms with E-state index < -0.39 is 0 Å². The SMILES string of the molecule is Cc1cc(-c2ccc3nc(Cl)nc(C4OCCNC4c4ccccc4)c3c2)cn(C)c1=O. The van der Waals surface area contributed by atoms with Crippen LogP contribution in [0.3, 0.4) is 0 Å². The summed E-state index contributed by atoms with van der Waals surface area (Å²) in [4.78, 5) is 21.2. The monoisotopic (exact) mass is 446 g/mol. The minimum Gasteiger partial charge on any atom is -0.369 e. The maximum absolute atomic E-state index is 12.1. The number of rotatable bonds is 3. The fourth-order valence-electron chi connectivity index (χ4n) is 4.35. The van der Waals surface area contributed by atoms with Crippen molar-refractivity contribution in [2.45, 2.75) is 19.1 Å². The normalized spacial score (nSPS) is 18.7. The van der Waals surface area contributed by atoms with E-state index in [4.69, 9.17) is 16.3 Å². The Labute approximate surface area is 190 Å². The Morgan fingerprint density at radius 2 is 1.91 bits per heavy atom. The van der Waals surface area contributed by atoms with Crippen molar-refractivity contribution >= 4 is 22.5 Å². The van der Waals surface area contributed by atoms with Crippen LogP contribution in [0.25, 0.3) is 22.0 Å². The van der Waals surface area contributed by atoms with Crippen LogP contribution in [0.5, 0.6) is 0 Å².